The minimum absolute atomic E-state index is 0.0664. The van der Waals surface area contributed by atoms with E-state index in [1.807, 2.05) is 55.5 Å². The zero-order valence-electron chi connectivity index (χ0n) is 21.3. The fourth-order valence-electron chi connectivity index (χ4n) is 4.72. The number of ether oxygens (including phenoxy) is 3. The van der Waals surface area contributed by atoms with Gasteiger partial charge in [-0.25, -0.2) is 0 Å². The van der Waals surface area contributed by atoms with E-state index in [1.54, 1.807) is 14.2 Å². The summed E-state index contributed by atoms with van der Waals surface area (Å²) in [7, 11) is 3.20. The smallest absolute Gasteiger partial charge is 0.188 e. The van der Waals surface area contributed by atoms with E-state index in [0.717, 1.165) is 33.5 Å². The van der Waals surface area contributed by atoms with Crippen molar-refractivity contribution in [2.24, 2.45) is 0 Å². The average molecular weight is 472 g/mol. The minimum Gasteiger partial charge on any atom is -0.496 e. The van der Waals surface area contributed by atoms with Gasteiger partial charge in [-0.2, -0.15) is 0 Å². The van der Waals surface area contributed by atoms with E-state index in [0.29, 0.717) is 23.5 Å². The largest absolute Gasteiger partial charge is 0.496 e. The number of methoxy groups -OCH3 is 2. The number of nitrogens with one attached hydrogen (secondary N) is 1. The molecule has 0 radical (unpaired) electrons. The second-order valence-corrected chi connectivity index (χ2v) is 9.58. The van der Waals surface area contributed by atoms with Crippen molar-refractivity contribution in [3.05, 3.63) is 82.9 Å². The molecule has 0 unspecified atom stereocenters. The Balaban J connectivity index is 1.87. The van der Waals surface area contributed by atoms with E-state index >= 15 is 0 Å². The summed E-state index contributed by atoms with van der Waals surface area (Å²) in [4.78, 5) is 13.9. The predicted octanol–water partition coefficient (Wildman–Crippen LogP) is 6.69. The average Bonchev–Trinajstić information content (AvgIpc) is 2.82. The van der Waals surface area contributed by atoms with Gasteiger partial charge in [-0.15, -0.1) is 0 Å². The van der Waals surface area contributed by atoms with Gasteiger partial charge in [-0.3, -0.25) is 4.79 Å². The molecule has 5 nitrogen and oxygen atoms in total. The normalized spacial score (nSPS) is 13.9. The molecule has 1 aliphatic heterocycles. The van der Waals surface area contributed by atoms with Crippen LogP contribution in [0.3, 0.4) is 0 Å². The van der Waals surface area contributed by atoms with E-state index in [4.69, 9.17) is 14.2 Å². The van der Waals surface area contributed by atoms with Gasteiger partial charge in [0.25, 0.3) is 0 Å². The molecule has 0 bridgehead atoms. The van der Waals surface area contributed by atoms with Crippen LogP contribution >= 0.6 is 0 Å². The SMILES string of the molecule is COCOc1ccc(-c2ccc3c(c2C(=O)Cc2ccc(C)cc2)C(C)=CC(C)(C)N3)c(OC)c1. The lowest BCUT2D eigenvalue weighted by molar-refractivity contribution is 0.0510. The molecule has 1 aliphatic rings. The van der Waals surface area contributed by atoms with Gasteiger partial charge < -0.3 is 19.5 Å². The predicted molar refractivity (Wildman–Crippen MR) is 142 cm³/mol. The summed E-state index contributed by atoms with van der Waals surface area (Å²) in [5.74, 6) is 1.34. The first-order valence-electron chi connectivity index (χ1n) is 11.8. The van der Waals surface area contributed by atoms with Crippen LogP contribution in [0.15, 0.2) is 60.7 Å². The first-order valence-corrected chi connectivity index (χ1v) is 11.8. The van der Waals surface area contributed by atoms with Crippen LogP contribution in [-0.2, 0) is 11.2 Å². The summed E-state index contributed by atoms with van der Waals surface area (Å²) in [6.07, 6.45) is 2.50. The number of carbonyl (C=O) groups is 1. The van der Waals surface area contributed by atoms with Gasteiger partial charge in [-0.05, 0) is 62.6 Å². The standard InChI is InChI=1S/C30H33NO4/c1-19-7-9-21(10-8-19)15-26(32)29-24(13-14-25-28(29)20(2)17-30(3,4)31-25)23-12-11-22(35-18-33-5)16-27(23)34-6/h7-14,16-17,31H,15,18H2,1-6H3. The zero-order valence-corrected chi connectivity index (χ0v) is 21.3. The number of anilines is 1. The number of fused-ring (bicyclic) bond motifs is 1. The van der Waals surface area contributed by atoms with Gasteiger partial charge in [0.1, 0.15) is 11.5 Å². The summed E-state index contributed by atoms with van der Waals surface area (Å²) in [5, 5.41) is 3.58. The van der Waals surface area contributed by atoms with Gasteiger partial charge >= 0.3 is 0 Å². The molecule has 0 saturated heterocycles. The van der Waals surface area contributed by atoms with Crippen LogP contribution in [0.25, 0.3) is 16.7 Å². The van der Waals surface area contributed by atoms with Crippen molar-refractivity contribution in [2.75, 3.05) is 26.3 Å². The Kier molecular flexibility index (Phi) is 6.99. The number of aryl methyl sites for hydroxylation is 1. The van der Waals surface area contributed by atoms with Crippen molar-refractivity contribution in [2.45, 2.75) is 39.7 Å². The zero-order chi connectivity index (χ0) is 25.2. The third-order valence-corrected chi connectivity index (χ3v) is 6.20. The number of hydrogen-bond donors (Lipinski definition) is 1. The highest BCUT2D eigenvalue weighted by atomic mass is 16.7. The molecule has 182 valence electrons. The Hall–Kier alpha value is -3.57. The van der Waals surface area contributed by atoms with Crippen LogP contribution in [0, 0.1) is 6.92 Å². The van der Waals surface area contributed by atoms with Crippen LogP contribution in [-0.4, -0.2) is 32.3 Å². The number of hydrogen-bond acceptors (Lipinski definition) is 5. The quantitative estimate of drug-likeness (QED) is 0.293. The number of ketones is 1. The van der Waals surface area contributed by atoms with Gasteiger partial charge in [0, 0.05) is 42.0 Å². The number of allylic oxidation sites excluding steroid dienone is 1. The van der Waals surface area contributed by atoms with Crippen molar-refractivity contribution in [1.82, 2.24) is 0 Å². The molecule has 0 amide bonds. The minimum atomic E-state index is -0.200. The van der Waals surface area contributed by atoms with Crippen molar-refractivity contribution in [1.29, 1.82) is 0 Å². The molecule has 35 heavy (non-hydrogen) atoms. The number of rotatable bonds is 8. The van der Waals surface area contributed by atoms with E-state index in [2.05, 4.69) is 38.2 Å². The molecule has 5 heteroatoms. The van der Waals surface area contributed by atoms with E-state index in [1.165, 1.54) is 5.56 Å². The summed E-state index contributed by atoms with van der Waals surface area (Å²) < 4.78 is 16.3. The monoisotopic (exact) mass is 471 g/mol. The first kappa shape index (κ1) is 24.6. The molecular formula is C30H33NO4. The van der Waals surface area contributed by atoms with Gasteiger partial charge in [0.15, 0.2) is 12.6 Å². The lowest BCUT2D eigenvalue weighted by Gasteiger charge is -2.33. The molecule has 0 aromatic heterocycles. The molecule has 0 spiro atoms. The Morgan fingerprint density at radius 1 is 0.943 bits per heavy atom. The second-order valence-electron chi connectivity index (χ2n) is 9.58. The van der Waals surface area contributed by atoms with Crippen LogP contribution < -0.4 is 14.8 Å². The molecule has 3 aromatic rings. The third-order valence-electron chi connectivity index (χ3n) is 6.20. The van der Waals surface area contributed by atoms with Crippen molar-refractivity contribution < 1.29 is 19.0 Å². The fourth-order valence-corrected chi connectivity index (χ4v) is 4.72. The molecule has 1 heterocycles. The van der Waals surface area contributed by atoms with Crippen LogP contribution in [0.2, 0.25) is 0 Å². The van der Waals surface area contributed by atoms with E-state index in [9.17, 15) is 4.79 Å². The number of benzene rings is 3. The van der Waals surface area contributed by atoms with Gasteiger partial charge in [0.05, 0.1) is 12.6 Å². The Morgan fingerprint density at radius 2 is 1.66 bits per heavy atom. The molecule has 4 rings (SSSR count). The fraction of sp³-hybridized carbons (Fsp3) is 0.300. The highest BCUT2D eigenvalue weighted by Crippen LogP contribution is 2.43. The first-order chi connectivity index (χ1) is 16.7. The second kappa shape index (κ2) is 9.96. The van der Waals surface area contributed by atoms with E-state index < -0.39 is 0 Å². The molecule has 1 N–H and O–H groups in total. The van der Waals surface area contributed by atoms with Gasteiger partial charge in [-0.1, -0.05) is 42.0 Å². The Labute approximate surface area is 207 Å². The molecule has 0 saturated carbocycles. The maximum absolute atomic E-state index is 13.9. The lowest BCUT2D eigenvalue weighted by atomic mass is 9.82. The maximum Gasteiger partial charge on any atom is 0.188 e. The summed E-state index contributed by atoms with van der Waals surface area (Å²) >= 11 is 0. The van der Waals surface area contributed by atoms with Crippen molar-refractivity contribution in [3.8, 4) is 22.6 Å². The Morgan fingerprint density at radius 3 is 2.34 bits per heavy atom. The number of Topliss-reactive ketones (excluding diaryl/α,β-unsaturated/α-hetero) is 1. The van der Waals surface area contributed by atoms with E-state index in [-0.39, 0.29) is 18.1 Å². The van der Waals surface area contributed by atoms with Crippen LogP contribution in [0.5, 0.6) is 11.5 Å². The molecular weight excluding hydrogens is 438 g/mol. The summed E-state index contributed by atoms with van der Waals surface area (Å²) in [5.41, 5.74) is 7.32. The number of carbonyl (C=O) groups excluding carboxylic acids is 1. The van der Waals surface area contributed by atoms with Gasteiger partial charge in [0.2, 0.25) is 0 Å². The third kappa shape index (κ3) is 5.25. The molecule has 3 aromatic carbocycles. The maximum atomic E-state index is 13.9. The highest BCUT2D eigenvalue weighted by Gasteiger charge is 2.29. The molecule has 0 aliphatic carbocycles. The topological polar surface area (TPSA) is 56.8 Å². The summed E-state index contributed by atoms with van der Waals surface area (Å²) in [6, 6.07) is 17.8. The molecule has 0 fully saturated rings. The Bertz CT molecular complexity index is 1270. The summed E-state index contributed by atoms with van der Waals surface area (Å²) in [6.45, 7) is 8.52. The van der Waals surface area contributed by atoms with Crippen molar-refractivity contribution >= 4 is 17.0 Å². The lowest BCUT2D eigenvalue weighted by Crippen LogP contribution is -2.32. The van der Waals surface area contributed by atoms with Crippen molar-refractivity contribution in [3.63, 3.8) is 0 Å². The molecule has 0 atom stereocenters. The van der Waals surface area contributed by atoms with Crippen LogP contribution in [0.4, 0.5) is 5.69 Å². The highest BCUT2D eigenvalue weighted by molar-refractivity contribution is 6.10. The van der Waals surface area contributed by atoms with Crippen LogP contribution in [0.1, 0.15) is 47.8 Å².